The Morgan fingerprint density at radius 3 is 2.62 bits per heavy atom. The number of rotatable bonds is 6. The van der Waals surface area contributed by atoms with E-state index < -0.39 is 25.2 Å². The van der Waals surface area contributed by atoms with Crippen LogP contribution in [0.1, 0.15) is 12.7 Å². The molecule has 170 valence electrons. The van der Waals surface area contributed by atoms with Crippen LogP contribution < -0.4 is 10.1 Å². The zero-order valence-electron chi connectivity index (χ0n) is 17.1. The summed E-state index contributed by atoms with van der Waals surface area (Å²) in [6.07, 6.45) is -3.96. The highest BCUT2D eigenvalue weighted by atomic mass is 19.4. The fraction of sp³-hybridized carbons (Fsp3) is 0.368. The summed E-state index contributed by atoms with van der Waals surface area (Å²) in [7, 11) is 1.33. The third-order valence-corrected chi connectivity index (χ3v) is 4.96. The van der Waals surface area contributed by atoms with E-state index in [0.717, 1.165) is 6.92 Å². The lowest BCUT2D eigenvalue weighted by Crippen LogP contribution is -2.33. The van der Waals surface area contributed by atoms with Crippen LogP contribution in [0.15, 0.2) is 18.5 Å². The minimum atomic E-state index is -4.48. The Bertz CT molecular complexity index is 1280. The van der Waals surface area contributed by atoms with Crippen LogP contribution in [0.3, 0.4) is 0 Å². The topological polar surface area (TPSA) is 93.5 Å². The van der Waals surface area contributed by atoms with Gasteiger partial charge in [0.2, 0.25) is 11.8 Å². The molecule has 0 saturated carbocycles. The second kappa shape index (κ2) is 7.88. The van der Waals surface area contributed by atoms with Crippen molar-refractivity contribution in [3.05, 3.63) is 24.3 Å². The van der Waals surface area contributed by atoms with Crippen molar-refractivity contribution in [1.82, 2.24) is 29.5 Å². The lowest BCUT2D eigenvalue weighted by atomic mass is 10.1. The van der Waals surface area contributed by atoms with Gasteiger partial charge in [0.15, 0.2) is 5.65 Å². The molecule has 0 bridgehead atoms. The third kappa shape index (κ3) is 3.89. The number of imidazole rings is 1. The molecule has 0 aliphatic carbocycles. The van der Waals surface area contributed by atoms with Gasteiger partial charge in [0.05, 0.1) is 24.6 Å². The number of H-pyrrole nitrogens is 1. The fourth-order valence-electron chi connectivity index (χ4n) is 3.35. The molecule has 2 N–H and O–H groups in total. The highest BCUT2D eigenvalue weighted by molar-refractivity contribution is 5.98. The minimum absolute atomic E-state index is 0.0421. The van der Waals surface area contributed by atoms with E-state index in [2.05, 4.69) is 30.2 Å². The van der Waals surface area contributed by atoms with Crippen molar-refractivity contribution >= 4 is 28.1 Å². The van der Waals surface area contributed by atoms with Gasteiger partial charge in [-0.15, -0.1) is 0 Å². The number of aromatic nitrogens is 6. The second-order valence-electron chi connectivity index (χ2n) is 7.12. The summed E-state index contributed by atoms with van der Waals surface area (Å²) in [5.41, 5.74) is 2.07. The zero-order chi connectivity index (χ0) is 23.2. The molecule has 0 unspecified atom stereocenters. The monoisotopic (exact) mass is 455 g/mol. The Kier molecular flexibility index (Phi) is 5.34. The van der Waals surface area contributed by atoms with Gasteiger partial charge >= 0.3 is 6.18 Å². The van der Waals surface area contributed by atoms with Crippen molar-refractivity contribution in [1.29, 1.82) is 0 Å². The third-order valence-electron chi connectivity index (χ3n) is 4.96. The maximum absolute atomic E-state index is 13.0. The summed E-state index contributed by atoms with van der Waals surface area (Å²) in [5, 5.41) is 2.62. The van der Waals surface area contributed by atoms with Crippen LogP contribution in [0.5, 0.6) is 5.88 Å². The first-order valence-corrected chi connectivity index (χ1v) is 9.46. The number of hydrogen-bond donors (Lipinski definition) is 2. The predicted octanol–water partition coefficient (Wildman–Crippen LogP) is 4.31. The molecule has 4 aromatic rings. The molecule has 4 rings (SSSR count). The molecule has 32 heavy (non-hydrogen) atoms. The van der Waals surface area contributed by atoms with Gasteiger partial charge in [-0.05, 0) is 19.9 Å². The van der Waals surface area contributed by atoms with Crippen molar-refractivity contribution in [2.24, 2.45) is 0 Å². The number of fused-ring (bicyclic) bond motifs is 2. The van der Waals surface area contributed by atoms with E-state index in [1.54, 1.807) is 19.2 Å². The van der Waals surface area contributed by atoms with Gasteiger partial charge in [-0.25, -0.2) is 18.7 Å². The molecule has 0 aromatic carbocycles. The number of aromatic amines is 1. The van der Waals surface area contributed by atoms with Crippen molar-refractivity contribution in [2.45, 2.75) is 39.0 Å². The summed E-state index contributed by atoms with van der Waals surface area (Å²) in [4.78, 5) is 19.5. The molecule has 13 heteroatoms. The molecule has 1 atom stereocenters. The van der Waals surface area contributed by atoms with Gasteiger partial charge in [-0.1, -0.05) is 0 Å². The number of nitrogens with one attached hydrogen (secondary N) is 2. The number of nitrogens with zero attached hydrogens (tertiary/aromatic N) is 5. The molecule has 0 radical (unpaired) electrons. The van der Waals surface area contributed by atoms with Gasteiger partial charge in [0.1, 0.15) is 17.5 Å². The summed E-state index contributed by atoms with van der Waals surface area (Å²) in [6.45, 7) is 2.04. The van der Waals surface area contributed by atoms with E-state index >= 15 is 0 Å². The van der Waals surface area contributed by atoms with E-state index in [1.165, 1.54) is 17.9 Å². The van der Waals surface area contributed by atoms with E-state index in [1.807, 2.05) is 0 Å². The molecule has 4 aromatic heterocycles. The molecular formula is C19H18F5N7O. The summed E-state index contributed by atoms with van der Waals surface area (Å²) >= 11 is 0. The molecule has 0 amide bonds. The molecule has 4 heterocycles. The van der Waals surface area contributed by atoms with Crippen LogP contribution in [0.2, 0.25) is 0 Å². The SMILES string of the molecule is COc1nc(N[C@H](C)C(F)(F)F)nc2[nH]cc(-c3cnc4nc(C)n(CC(F)F)c4c3)c12. The number of alkyl halides is 5. The van der Waals surface area contributed by atoms with E-state index in [0.29, 0.717) is 33.5 Å². The predicted molar refractivity (Wildman–Crippen MR) is 107 cm³/mol. The van der Waals surface area contributed by atoms with Crippen molar-refractivity contribution in [2.75, 3.05) is 12.4 Å². The molecule has 0 aliphatic rings. The standard InChI is InChI=1S/C19H18F5N7O/c1-8(19(22,23)24)27-18-29-16-14(17(30-18)32-3)11(6-26-16)10-4-12-15(25-5-10)28-9(2)31(12)7-13(20)21/h4-6,8,13H,7H2,1-3H3,(H2,26,27,29,30)/t8-/m1/s1. The molecular weight excluding hydrogens is 437 g/mol. The lowest BCUT2D eigenvalue weighted by Gasteiger charge is -2.17. The van der Waals surface area contributed by atoms with Gasteiger partial charge in [-0.2, -0.15) is 23.1 Å². The Balaban J connectivity index is 1.80. The Morgan fingerprint density at radius 2 is 1.97 bits per heavy atom. The number of methoxy groups -OCH3 is 1. The van der Waals surface area contributed by atoms with Crippen molar-refractivity contribution in [3.8, 4) is 17.0 Å². The first-order valence-electron chi connectivity index (χ1n) is 9.46. The summed E-state index contributed by atoms with van der Waals surface area (Å²) in [5.74, 6) is 0.187. The van der Waals surface area contributed by atoms with Gasteiger partial charge < -0.3 is 19.6 Å². The molecule has 8 nitrogen and oxygen atoms in total. The number of ether oxygens (including phenoxy) is 1. The summed E-state index contributed by atoms with van der Waals surface area (Å²) in [6, 6.07) is -0.214. The number of aryl methyl sites for hydroxylation is 1. The van der Waals surface area contributed by atoms with Crippen LogP contribution in [-0.4, -0.2) is 55.2 Å². The smallest absolute Gasteiger partial charge is 0.408 e. The van der Waals surface area contributed by atoms with E-state index in [-0.39, 0.29) is 17.5 Å². The van der Waals surface area contributed by atoms with E-state index in [4.69, 9.17) is 4.74 Å². The van der Waals surface area contributed by atoms with Gasteiger partial charge in [0.25, 0.3) is 6.43 Å². The van der Waals surface area contributed by atoms with Crippen LogP contribution in [0.25, 0.3) is 33.3 Å². The molecule has 0 aliphatic heterocycles. The first kappa shape index (κ1) is 21.7. The average Bonchev–Trinajstić information content (AvgIpc) is 3.27. The van der Waals surface area contributed by atoms with Crippen molar-refractivity contribution < 1.29 is 26.7 Å². The van der Waals surface area contributed by atoms with Gasteiger partial charge in [-0.3, -0.25) is 0 Å². The molecule has 0 fully saturated rings. The second-order valence-corrected chi connectivity index (χ2v) is 7.12. The number of halogens is 5. The molecule has 0 saturated heterocycles. The first-order chi connectivity index (χ1) is 15.1. The fourth-order valence-corrected chi connectivity index (χ4v) is 3.35. The zero-order valence-corrected chi connectivity index (χ0v) is 17.1. The summed E-state index contributed by atoms with van der Waals surface area (Å²) < 4.78 is 71.3. The van der Waals surface area contributed by atoms with Crippen LogP contribution in [0.4, 0.5) is 27.9 Å². The Labute approximate surface area is 177 Å². The normalized spacial score (nSPS) is 13.3. The lowest BCUT2D eigenvalue weighted by molar-refractivity contribution is -0.138. The number of pyridine rings is 1. The maximum atomic E-state index is 13.0. The Morgan fingerprint density at radius 1 is 1.22 bits per heavy atom. The Hall–Kier alpha value is -3.51. The van der Waals surface area contributed by atoms with Crippen LogP contribution in [-0.2, 0) is 6.54 Å². The highest BCUT2D eigenvalue weighted by Crippen LogP contribution is 2.35. The number of anilines is 1. The van der Waals surface area contributed by atoms with E-state index in [9.17, 15) is 22.0 Å². The van der Waals surface area contributed by atoms with Crippen LogP contribution in [0, 0.1) is 6.92 Å². The maximum Gasteiger partial charge on any atom is 0.408 e. The average molecular weight is 455 g/mol. The minimum Gasteiger partial charge on any atom is -0.480 e. The molecule has 0 spiro atoms. The highest BCUT2D eigenvalue weighted by Gasteiger charge is 2.36. The largest absolute Gasteiger partial charge is 0.480 e. The van der Waals surface area contributed by atoms with Gasteiger partial charge in [0, 0.05) is 23.5 Å². The van der Waals surface area contributed by atoms with Crippen molar-refractivity contribution in [3.63, 3.8) is 0 Å². The number of hydrogen-bond acceptors (Lipinski definition) is 6. The quantitative estimate of drug-likeness (QED) is 0.421. The van der Waals surface area contributed by atoms with Crippen LogP contribution >= 0.6 is 0 Å².